The second-order valence-corrected chi connectivity index (χ2v) is 10.9. The third kappa shape index (κ3) is 2.70. The van der Waals surface area contributed by atoms with Crippen LogP contribution in [-0.4, -0.2) is 12.5 Å². The summed E-state index contributed by atoms with van der Waals surface area (Å²) in [5, 5.41) is 0. The predicted molar refractivity (Wildman–Crippen MR) is 149 cm³/mol. The molecule has 2 spiro atoms. The Hall–Kier alpha value is -3.82. The first kappa shape index (κ1) is 21.3. The molecule has 1 fully saturated rings. The Kier molecular flexibility index (Phi) is 4.51. The molecule has 0 unspecified atom stereocenters. The number of ether oxygens (including phenoxy) is 1. The number of allylic oxidation sites excluding steroid dienone is 2. The molecule has 0 bridgehead atoms. The Morgan fingerprint density at radius 2 is 0.946 bits per heavy atom. The molecule has 1 aliphatic carbocycles. The number of rotatable bonds is 4. The fourth-order valence-corrected chi connectivity index (χ4v) is 7.90. The SMILES string of the molecule is C1=CC[C@@]23c4ccccc4N(Cc4ccccc4)[C@@H]2O[C@@H]2N(Cc4ccccc4)c4ccccc4[C@@]23C1. The number of hydrogen-bond donors (Lipinski definition) is 0. The molecule has 0 amide bonds. The Bertz CT molecular complexity index is 1390. The van der Waals surface area contributed by atoms with Crippen molar-refractivity contribution in [1.29, 1.82) is 0 Å². The van der Waals surface area contributed by atoms with E-state index in [1.165, 1.54) is 33.6 Å². The highest BCUT2D eigenvalue weighted by molar-refractivity contribution is 5.75. The topological polar surface area (TPSA) is 15.7 Å². The quantitative estimate of drug-likeness (QED) is 0.293. The van der Waals surface area contributed by atoms with Crippen molar-refractivity contribution in [1.82, 2.24) is 0 Å². The molecule has 37 heavy (non-hydrogen) atoms. The second-order valence-electron chi connectivity index (χ2n) is 10.9. The maximum Gasteiger partial charge on any atom is 0.144 e. The van der Waals surface area contributed by atoms with Crippen molar-refractivity contribution in [3.63, 3.8) is 0 Å². The van der Waals surface area contributed by atoms with Gasteiger partial charge in [0.1, 0.15) is 12.5 Å². The van der Waals surface area contributed by atoms with E-state index in [0.717, 1.165) is 25.9 Å². The number of benzene rings is 4. The number of para-hydroxylation sites is 2. The molecule has 0 saturated carbocycles. The number of hydrogen-bond acceptors (Lipinski definition) is 3. The average molecular weight is 483 g/mol. The highest BCUT2D eigenvalue weighted by Crippen LogP contribution is 2.70. The van der Waals surface area contributed by atoms with Crippen LogP contribution in [0, 0.1) is 0 Å². The van der Waals surface area contributed by atoms with Crippen molar-refractivity contribution in [3.05, 3.63) is 144 Å². The Morgan fingerprint density at radius 3 is 1.41 bits per heavy atom. The van der Waals surface area contributed by atoms with Gasteiger partial charge in [0.2, 0.25) is 0 Å². The number of nitrogens with zero attached hydrogens (tertiary/aromatic N) is 2. The lowest BCUT2D eigenvalue weighted by atomic mass is 9.53. The lowest BCUT2D eigenvalue weighted by Crippen LogP contribution is -2.55. The molecule has 4 atom stereocenters. The van der Waals surface area contributed by atoms with E-state index in [1.807, 2.05) is 0 Å². The maximum atomic E-state index is 7.38. The molecule has 0 radical (unpaired) electrons. The first-order valence-corrected chi connectivity index (χ1v) is 13.4. The average Bonchev–Trinajstić information content (AvgIpc) is 3.50. The predicted octanol–water partition coefficient (Wildman–Crippen LogP) is 6.94. The van der Waals surface area contributed by atoms with Crippen LogP contribution in [0.25, 0.3) is 0 Å². The van der Waals surface area contributed by atoms with Crippen molar-refractivity contribution in [2.24, 2.45) is 0 Å². The van der Waals surface area contributed by atoms with E-state index in [2.05, 4.69) is 131 Å². The summed E-state index contributed by atoms with van der Waals surface area (Å²) in [6, 6.07) is 39.8. The standard InChI is InChI=1S/C34H30N2O/c1-3-13-25(14-4-1)23-35-29-19-9-7-17-27(29)33-21-11-12-22-34(33)28-18-8-10-20-30(28)36(32(34)37-31(33)35)24-26-15-5-2-6-16-26/h1-20,31-32H,21-24H2/t31-,32+,33-,34+. The minimum absolute atomic E-state index is 0.0216. The zero-order chi connectivity index (χ0) is 24.5. The fourth-order valence-electron chi connectivity index (χ4n) is 7.90. The first-order valence-electron chi connectivity index (χ1n) is 13.4. The van der Waals surface area contributed by atoms with Crippen LogP contribution < -0.4 is 9.80 Å². The Morgan fingerprint density at radius 1 is 0.541 bits per heavy atom. The highest BCUT2D eigenvalue weighted by atomic mass is 16.5. The largest absolute Gasteiger partial charge is 0.341 e. The van der Waals surface area contributed by atoms with E-state index in [1.54, 1.807) is 0 Å². The van der Waals surface area contributed by atoms with E-state index in [4.69, 9.17) is 4.74 Å². The third-order valence-electron chi connectivity index (χ3n) is 9.29. The van der Waals surface area contributed by atoms with Crippen molar-refractivity contribution < 1.29 is 4.74 Å². The second kappa shape index (κ2) is 7.84. The molecule has 8 rings (SSSR count). The zero-order valence-electron chi connectivity index (χ0n) is 20.8. The van der Waals surface area contributed by atoms with Crippen LogP contribution >= 0.6 is 0 Å². The zero-order valence-corrected chi connectivity index (χ0v) is 20.8. The van der Waals surface area contributed by atoms with Crippen LogP contribution in [-0.2, 0) is 28.7 Å². The maximum absolute atomic E-state index is 7.38. The summed E-state index contributed by atoms with van der Waals surface area (Å²) >= 11 is 0. The van der Waals surface area contributed by atoms with Crippen LogP contribution in [0.5, 0.6) is 0 Å². The Labute approximate surface area is 218 Å². The van der Waals surface area contributed by atoms with Crippen molar-refractivity contribution >= 4 is 11.4 Å². The monoisotopic (exact) mass is 482 g/mol. The van der Waals surface area contributed by atoms with Gasteiger partial charge in [-0.3, -0.25) is 0 Å². The van der Waals surface area contributed by atoms with E-state index in [-0.39, 0.29) is 23.3 Å². The summed E-state index contributed by atoms with van der Waals surface area (Å²) in [6.07, 6.45) is 6.76. The minimum atomic E-state index is -0.140. The summed E-state index contributed by atoms with van der Waals surface area (Å²) in [7, 11) is 0. The van der Waals surface area contributed by atoms with Gasteiger partial charge in [0, 0.05) is 24.5 Å². The molecule has 3 aliphatic heterocycles. The van der Waals surface area contributed by atoms with Gasteiger partial charge in [-0.1, -0.05) is 109 Å². The molecule has 0 aromatic heterocycles. The summed E-state index contributed by atoms with van der Waals surface area (Å²) < 4.78 is 7.38. The molecule has 4 aliphatic rings. The first-order chi connectivity index (χ1) is 18.3. The van der Waals surface area contributed by atoms with E-state index >= 15 is 0 Å². The van der Waals surface area contributed by atoms with Crippen molar-refractivity contribution in [2.45, 2.75) is 49.2 Å². The van der Waals surface area contributed by atoms with E-state index in [0.29, 0.717) is 0 Å². The summed E-state index contributed by atoms with van der Waals surface area (Å²) in [5.74, 6) is 0. The van der Waals surface area contributed by atoms with Gasteiger partial charge in [-0.2, -0.15) is 0 Å². The normalized spacial score (nSPS) is 28.4. The number of fused-ring (bicyclic) bond motifs is 2. The molecule has 0 N–H and O–H groups in total. The smallest absolute Gasteiger partial charge is 0.144 e. The summed E-state index contributed by atoms with van der Waals surface area (Å²) in [4.78, 5) is 5.10. The Balaban J connectivity index is 1.33. The van der Waals surface area contributed by atoms with Crippen molar-refractivity contribution in [2.75, 3.05) is 9.80 Å². The molecule has 182 valence electrons. The van der Waals surface area contributed by atoms with Crippen LogP contribution in [0.1, 0.15) is 35.1 Å². The van der Waals surface area contributed by atoms with Gasteiger partial charge < -0.3 is 14.5 Å². The van der Waals surface area contributed by atoms with Gasteiger partial charge >= 0.3 is 0 Å². The van der Waals surface area contributed by atoms with Gasteiger partial charge in [0.05, 0.1) is 10.8 Å². The molecular formula is C34H30N2O. The summed E-state index contributed by atoms with van der Waals surface area (Å²) in [6.45, 7) is 1.69. The van der Waals surface area contributed by atoms with Crippen molar-refractivity contribution in [3.8, 4) is 0 Å². The summed E-state index contributed by atoms with van der Waals surface area (Å²) in [5.41, 5.74) is 7.89. The minimum Gasteiger partial charge on any atom is -0.341 e. The fraction of sp³-hybridized carbons (Fsp3) is 0.235. The van der Waals surface area contributed by atoms with Crippen LogP contribution in [0.3, 0.4) is 0 Å². The molecule has 3 heterocycles. The third-order valence-corrected chi connectivity index (χ3v) is 9.29. The molecule has 3 heteroatoms. The van der Waals surface area contributed by atoms with Gasteiger partial charge in [-0.15, -0.1) is 0 Å². The lowest BCUT2D eigenvalue weighted by molar-refractivity contribution is 0.0244. The van der Waals surface area contributed by atoms with Gasteiger partial charge in [0.15, 0.2) is 0 Å². The van der Waals surface area contributed by atoms with Crippen LogP contribution in [0.15, 0.2) is 121 Å². The molecule has 1 saturated heterocycles. The lowest BCUT2D eigenvalue weighted by Gasteiger charge is -2.46. The highest BCUT2D eigenvalue weighted by Gasteiger charge is 2.75. The molecule has 4 aromatic rings. The molecule has 3 nitrogen and oxygen atoms in total. The van der Waals surface area contributed by atoms with Gasteiger partial charge in [-0.05, 0) is 47.2 Å². The van der Waals surface area contributed by atoms with E-state index in [9.17, 15) is 0 Å². The molecule has 4 aromatic carbocycles. The van der Waals surface area contributed by atoms with Crippen LogP contribution in [0.4, 0.5) is 11.4 Å². The number of anilines is 2. The van der Waals surface area contributed by atoms with Crippen LogP contribution in [0.2, 0.25) is 0 Å². The molecular weight excluding hydrogens is 452 g/mol. The van der Waals surface area contributed by atoms with E-state index < -0.39 is 0 Å². The van der Waals surface area contributed by atoms with Gasteiger partial charge in [-0.25, -0.2) is 0 Å². The van der Waals surface area contributed by atoms with Gasteiger partial charge in [0.25, 0.3) is 0 Å².